The molecule has 5 atom stereocenters. The molecule has 21 nitrogen and oxygen atoms in total. The van der Waals surface area contributed by atoms with Crippen LogP contribution in [0.2, 0.25) is 5.02 Å². The Bertz CT molecular complexity index is 2730. The number of amides is 2. The lowest BCUT2D eigenvalue weighted by atomic mass is 9.97. The van der Waals surface area contributed by atoms with Gasteiger partial charge in [0.1, 0.15) is 65.9 Å². The molecule has 0 spiro atoms. The number of thioether (sulfide) groups is 1. The minimum Gasteiger partial charge on any atom is -0.490 e. The smallest absolute Gasteiger partial charge is 0.490 e. The molecule has 418 valence electrons. The third-order valence-corrected chi connectivity index (χ3v) is 11.0. The number of carboxylic acids is 2. The zero-order valence-corrected chi connectivity index (χ0v) is 43.4. The summed E-state index contributed by atoms with van der Waals surface area (Å²) in [6.07, 6.45) is -9.04. The van der Waals surface area contributed by atoms with Crippen molar-refractivity contribution >= 4 is 64.9 Å². The van der Waals surface area contributed by atoms with Gasteiger partial charge in [-0.2, -0.15) is 36.9 Å². The summed E-state index contributed by atoms with van der Waals surface area (Å²) in [5.74, 6) is -7.06. The Morgan fingerprint density at radius 2 is 1.21 bits per heavy atom. The van der Waals surface area contributed by atoms with E-state index in [4.69, 9.17) is 67.2 Å². The lowest BCUT2D eigenvalue weighted by Gasteiger charge is -2.23. The Morgan fingerprint density at radius 1 is 0.740 bits per heavy atom. The highest BCUT2D eigenvalue weighted by Gasteiger charge is 2.39. The van der Waals surface area contributed by atoms with Gasteiger partial charge in [-0.3, -0.25) is 9.59 Å². The number of nitrogens with zero attached hydrogens (tertiary/aromatic N) is 4. The van der Waals surface area contributed by atoms with Crippen molar-refractivity contribution in [2.24, 2.45) is 23.3 Å². The average molecular weight is 1130 g/mol. The Hall–Kier alpha value is -7.66. The molecule has 0 unspecified atom stereocenters. The number of hydrogen-bond donors (Lipinski definition) is 7. The van der Waals surface area contributed by atoms with Gasteiger partial charge in [0.2, 0.25) is 17.7 Å². The largest absolute Gasteiger partial charge is 0.490 e. The van der Waals surface area contributed by atoms with Gasteiger partial charge in [0, 0.05) is 21.9 Å². The maximum absolute atomic E-state index is 13.2. The normalized spacial score (nSPS) is 13.1. The number of aromatic nitrogens is 2. The van der Waals surface area contributed by atoms with E-state index in [1.54, 1.807) is 48.5 Å². The number of rotatable bonds is 21. The quantitative estimate of drug-likeness (QED) is 0.0265. The summed E-state index contributed by atoms with van der Waals surface area (Å²) in [7, 11) is 0. The molecule has 0 radical (unpaired) electrons. The molecule has 2 heterocycles. The number of pyridine rings is 1. The third-order valence-electron chi connectivity index (χ3n) is 9.72. The summed E-state index contributed by atoms with van der Waals surface area (Å²) in [6, 6.07) is 13.7. The molecule has 0 aliphatic carbocycles. The Morgan fingerprint density at radius 3 is 1.66 bits per heavy atom. The highest BCUT2D eigenvalue weighted by molar-refractivity contribution is 7.98. The molecule has 0 saturated carbocycles. The fourth-order valence-electron chi connectivity index (χ4n) is 6.01. The lowest BCUT2D eigenvalue weighted by Crippen LogP contribution is -2.49. The van der Waals surface area contributed by atoms with E-state index in [1.807, 2.05) is 27.7 Å². The van der Waals surface area contributed by atoms with E-state index < -0.39 is 84.9 Å². The van der Waals surface area contributed by atoms with Gasteiger partial charge >= 0.3 is 36.2 Å². The van der Waals surface area contributed by atoms with E-state index in [-0.39, 0.29) is 57.5 Å². The van der Waals surface area contributed by atoms with Crippen LogP contribution in [-0.4, -0.2) is 112 Å². The van der Waals surface area contributed by atoms with Gasteiger partial charge in [0.05, 0.1) is 23.3 Å². The van der Waals surface area contributed by atoms with Crippen molar-refractivity contribution < 1.29 is 84.0 Å². The lowest BCUT2D eigenvalue weighted by molar-refractivity contribution is -0.193. The van der Waals surface area contributed by atoms with Gasteiger partial charge in [0.25, 0.3) is 0 Å². The van der Waals surface area contributed by atoms with Crippen LogP contribution in [0.1, 0.15) is 71.2 Å². The van der Waals surface area contributed by atoms with Gasteiger partial charge < -0.3 is 56.7 Å². The van der Waals surface area contributed by atoms with E-state index >= 15 is 0 Å². The first kappa shape index (κ1) is 65.5. The van der Waals surface area contributed by atoms with Gasteiger partial charge in [-0.15, -0.1) is 0 Å². The highest BCUT2D eigenvalue weighted by Crippen LogP contribution is 2.37. The van der Waals surface area contributed by atoms with Crippen LogP contribution in [0.3, 0.4) is 0 Å². The number of nitrogens with two attached hydrogens (primary N) is 3. The first-order valence-corrected chi connectivity index (χ1v) is 23.9. The molecule has 0 fully saturated rings. The summed E-state index contributed by atoms with van der Waals surface area (Å²) in [6.45, 7) is 9.73. The van der Waals surface area contributed by atoms with Crippen LogP contribution in [0, 0.1) is 34.5 Å². The summed E-state index contributed by atoms with van der Waals surface area (Å²) in [5, 5.41) is 40.6. The number of hydrogen-bond acceptors (Lipinski definition) is 18. The number of aliphatic carboxylic acids is 2. The minimum absolute atomic E-state index is 0.00326. The van der Waals surface area contributed by atoms with E-state index in [0.29, 0.717) is 35.0 Å². The van der Waals surface area contributed by atoms with E-state index in [9.17, 15) is 56.0 Å². The van der Waals surface area contributed by atoms with Crippen LogP contribution < -0.4 is 32.6 Å². The second-order valence-corrected chi connectivity index (χ2v) is 18.6. The number of halogens is 7. The molecule has 2 aromatic heterocycles. The maximum atomic E-state index is 13.2. The first-order valence-electron chi connectivity index (χ1n) is 22.6. The number of carbonyl (C=O) groups is 6. The number of oxazole rings is 1. The standard InChI is InChI=1S/C44H52ClN9O8S.2C2HF3O2/c1-23(2)15-35(48)39(55)51-25(5)43(57)61-21-32(62-44(58)26(6)52-40(56)36(49)16-24(3)4)20-59-31-13-9-27(10-14-31)37-33(17-46)38(50)54-42(34(37)18-47)63-22-30-19-60-41(53-30)28-7-11-29(45)12-8-28;2*3-2(4,5)1(6)7/h7-14,19,23-26,32,35-36H,15-16,20-22,48-49H2,1-6H3,(H2,50,54)(H,51,55)(H,52,56);2*(H,6,7)/t25-,26-,32-,35-,36-;;/m0../s1. The number of benzene rings is 2. The van der Waals surface area contributed by atoms with Crippen LogP contribution in [0.25, 0.3) is 22.6 Å². The molecular weight excluding hydrogens is 1080 g/mol. The number of nitrogen functional groups attached to an aromatic ring is 1. The SMILES string of the molecule is CC(C)C[C@H](N)C(=O)N[C@@H](C)C(=O)OC[C@H](COc1ccc(-c2c(C#N)c(N)nc(SCc3coc(-c4ccc(Cl)cc4)n3)c2C#N)cc1)OC(=O)[C@H](C)NC(=O)[C@@H](N)CC(C)C.O=C(O)C(F)(F)F.O=C(O)C(F)(F)F. The fourth-order valence-corrected chi connectivity index (χ4v) is 7.01. The molecule has 10 N–H and O–H groups in total. The summed E-state index contributed by atoms with van der Waals surface area (Å²) >= 11 is 7.20. The third kappa shape index (κ3) is 22.2. The number of alkyl halides is 6. The number of nitriles is 2. The predicted molar refractivity (Wildman–Crippen MR) is 264 cm³/mol. The number of carboxylic acid groups (broad SMARTS) is 2. The first-order chi connectivity index (χ1) is 35.8. The van der Waals surface area contributed by atoms with Crippen LogP contribution in [0.5, 0.6) is 5.75 Å². The van der Waals surface area contributed by atoms with Gasteiger partial charge in [-0.25, -0.2) is 29.1 Å². The molecule has 0 aliphatic rings. The van der Waals surface area contributed by atoms with E-state index in [0.717, 1.165) is 5.56 Å². The topological polar surface area (TPSA) is 359 Å². The van der Waals surface area contributed by atoms with Crippen molar-refractivity contribution in [1.29, 1.82) is 10.5 Å². The second-order valence-electron chi connectivity index (χ2n) is 17.2. The monoisotopic (exact) mass is 1130 g/mol. The molecule has 4 rings (SSSR count). The Labute approximate surface area is 445 Å². The summed E-state index contributed by atoms with van der Waals surface area (Å²) in [4.78, 5) is 78.0. The van der Waals surface area contributed by atoms with Gasteiger partial charge in [0.15, 0.2) is 6.10 Å². The van der Waals surface area contributed by atoms with Crippen molar-refractivity contribution in [3.8, 4) is 40.5 Å². The van der Waals surface area contributed by atoms with Gasteiger partial charge in [-0.1, -0.05) is 63.2 Å². The number of esters is 2. The van der Waals surface area contributed by atoms with Crippen molar-refractivity contribution in [3.05, 3.63) is 76.6 Å². The zero-order chi connectivity index (χ0) is 58.5. The van der Waals surface area contributed by atoms with Crippen molar-refractivity contribution in [1.82, 2.24) is 20.6 Å². The number of anilines is 1. The molecule has 29 heteroatoms. The van der Waals surface area contributed by atoms with Crippen LogP contribution >= 0.6 is 23.4 Å². The number of carbonyl (C=O) groups excluding carboxylic acids is 4. The highest BCUT2D eigenvalue weighted by atomic mass is 35.5. The second kappa shape index (κ2) is 30.2. The van der Waals surface area contributed by atoms with Crippen molar-refractivity contribution in [2.75, 3.05) is 18.9 Å². The zero-order valence-electron chi connectivity index (χ0n) is 41.8. The van der Waals surface area contributed by atoms with Crippen LogP contribution in [-0.2, 0) is 44.0 Å². The summed E-state index contributed by atoms with van der Waals surface area (Å²) < 4.78 is 86.1. The molecule has 0 bridgehead atoms. The number of ether oxygens (including phenoxy) is 3. The van der Waals surface area contributed by atoms with Crippen LogP contribution in [0.15, 0.2) is 64.2 Å². The molecule has 2 aromatic carbocycles. The molecule has 77 heavy (non-hydrogen) atoms. The summed E-state index contributed by atoms with van der Waals surface area (Å²) in [5.41, 5.74) is 20.3. The maximum Gasteiger partial charge on any atom is 0.490 e. The Kier molecular flexibility index (Phi) is 25.7. The van der Waals surface area contributed by atoms with E-state index in [2.05, 4.69) is 32.7 Å². The molecule has 0 aliphatic heterocycles. The van der Waals surface area contributed by atoms with E-state index in [1.165, 1.54) is 31.9 Å². The van der Waals surface area contributed by atoms with Crippen molar-refractivity contribution in [2.45, 2.75) is 108 Å². The number of nitrogens with one attached hydrogen (secondary N) is 2. The molecular formula is C48H54ClF6N9O12S. The average Bonchev–Trinajstić information content (AvgIpc) is 3.82. The molecule has 2 amide bonds. The minimum atomic E-state index is -5.08. The van der Waals surface area contributed by atoms with Crippen molar-refractivity contribution in [3.63, 3.8) is 0 Å². The fraction of sp³-hybridized carbons (Fsp3) is 0.417. The predicted octanol–water partition coefficient (Wildman–Crippen LogP) is 6.53. The van der Waals surface area contributed by atoms with Gasteiger partial charge in [-0.05, 0) is 80.5 Å². The van der Waals surface area contributed by atoms with Crippen LogP contribution in [0.4, 0.5) is 32.2 Å². The molecule has 0 saturated heterocycles. The molecule has 4 aromatic rings. The Balaban J connectivity index is 0.00000127.